The predicted octanol–water partition coefficient (Wildman–Crippen LogP) is 2.54. The number of aliphatic carboxylic acids is 1. The zero-order valence-corrected chi connectivity index (χ0v) is 17.0. The van der Waals surface area contributed by atoms with Crippen molar-refractivity contribution in [2.75, 3.05) is 51.3 Å². The molecule has 1 heterocycles. The van der Waals surface area contributed by atoms with Gasteiger partial charge in [0.05, 0.1) is 12.3 Å². The van der Waals surface area contributed by atoms with Gasteiger partial charge >= 0.3 is 18.2 Å². The fourth-order valence-corrected chi connectivity index (χ4v) is 2.93. The molecule has 0 radical (unpaired) electrons. The first-order valence-corrected chi connectivity index (χ1v) is 9.63. The maximum absolute atomic E-state index is 14.3. The zero-order valence-electron chi connectivity index (χ0n) is 17.0. The molecule has 8 nitrogen and oxygen atoms in total. The third-order valence-electron chi connectivity index (χ3n) is 4.64. The molecule has 0 spiro atoms. The SMILES string of the molecule is CC(OC(=O)N1CCN(Cc2cccc(F)c2NCCOCC(=O)O)CC1)C(F)(F)F. The largest absolute Gasteiger partial charge is 0.480 e. The summed E-state index contributed by atoms with van der Waals surface area (Å²) in [6, 6.07) is 4.58. The number of amides is 1. The van der Waals surface area contributed by atoms with E-state index in [4.69, 9.17) is 9.84 Å². The van der Waals surface area contributed by atoms with E-state index in [2.05, 4.69) is 10.1 Å². The Balaban J connectivity index is 1.85. The molecule has 1 atom stereocenters. The van der Waals surface area contributed by atoms with Gasteiger partial charge in [-0.15, -0.1) is 0 Å². The van der Waals surface area contributed by atoms with E-state index in [1.54, 1.807) is 12.1 Å². The molecule has 174 valence electrons. The van der Waals surface area contributed by atoms with Crippen LogP contribution in [0.4, 0.5) is 28.0 Å². The van der Waals surface area contributed by atoms with Crippen molar-refractivity contribution < 1.29 is 41.7 Å². The third kappa shape index (κ3) is 7.87. The van der Waals surface area contributed by atoms with Crippen molar-refractivity contribution in [1.29, 1.82) is 0 Å². The molecule has 1 aliphatic rings. The van der Waals surface area contributed by atoms with Crippen LogP contribution < -0.4 is 5.32 Å². The monoisotopic (exact) mass is 451 g/mol. The number of anilines is 1. The van der Waals surface area contributed by atoms with Gasteiger partial charge in [0.1, 0.15) is 12.4 Å². The van der Waals surface area contributed by atoms with Gasteiger partial charge in [0.15, 0.2) is 6.10 Å². The average Bonchev–Trinajstić information content (AvgIpc) is 2.69. The summed E-state index contributed by atoms with van der Waals surface area (Å²) in [5.74, 6) is -1.57. The first-order chi connectivity index (χ1) is 14.6. The number of carbonyl (C=O) groups excluding carboxylic acids is 1. The number of benzene rings is 1. The van der Waals surface area contributed by atoms with Gasteiger partial charge in [0, 0.05) is 39.3 Å². The number of nitrogens with zero attached hydrogens (tertiary/aromatic N) is 2. The van der Waals surface area contributed by atoms with Gasteiger partial charge in [-0.25, -0.2) is 14.0 Å². The van der Waals surface area contributed by atoms with E-state index in [-0.39, 0.29) is 31.9 Å². The molecule has 1 amide bonds. The Bertz CT molecular complexity index is 755. The lowest BCUT2D eigenvalue weighted by Gasteiger charge is -2.35. The Hall–Kier alpha value is -2.60. The van der Waals surface area contributed by atoms with Crippen LogP contribution >= 0.6 is 0 Å². The molecule has 1 saturated heterocycles. The van der Waals surface area contributed by atoms with Gasteiger partial charge in [0.25, 0.3) is 0 Å². The van der Waals surface area contributed by atoms with Crippen LogP contribution in [-0.4, -0.2) is 85.2 Å². The van der Waals surface area contributed by atoms with E-state index in [1.807, 2.05) is 4.90 Å². The minimum Gasteiger partial charge on any atom is -0.480 e. The lowest BCUT2D eigenvalue weighted by Crippen LogP contribution is -2.49. The summed E-state index contributed by atoms with van der Waals surface area (Å²) in [5, 5.41) is 11.4. The fourth-order valence-electron chi connectivity index (χ4n) is 2.93. The lowest BCUT2D eigenvalue weighted by molar-refractivity contribution is -0.200. The molecule has 31 heavy (non-hydrogen) atoms. The number of nitrogens with one attached hydrogen (secondary N) is 1. The number of ether oxygens (including phenoxy) is 2. The lowest BCUT2D eigenvalue weighted by atomic mass is 10.1. The van der Waals surface area contributed by atoms with E-state index < -0.39 is 36.8 Å². The minimum atomic E-state index is -4.61. The smallest absolute Gasteiger partial charge is 0.425 e. The number of carboxylic acids is 1. The van der Waals surface area contributed by atoms with Crippen molar-refractivity contribution in [3.05, 3.63) is 29.6 Å². The van der Waals surface area contributed by atoms with Crippen LogP contribution in [0.3, 0.4) is 0 Å². The van der Waals surface area contributed by atoms with Crippen molar-refractivity contribution >= 4 is 17.7 Å². The molecule has 1 aromatic rings. The molecule has 2 rings (SSSR count). The van der Waals surface area contributed by atoms with Crippen LogP contribution in [0.5, 0.6) is 0 Å². The fraction of sp³-hybridized carbons (Fsp3) is 0.579. The maximum Gasteiger partial charge on any atom is 0.425 e. The minimum absolute atomic E-state index is 0.0806. The molecule has 1 fully saturated rings. The highest BCUT2D eigenvalue weighted by Crippen LogP contribution is 2.24. The molecule has 1 aromatic carbocycles. The van der Waals surface area contributed by atoms with E-state index in [0.717, 1.165) is 6.92 Å². The normalized spacial score (nSPS) is 16.1. The van der Waals surface area contributed by atoms with E-state index >= 15 is 0 Å². The second-order valence-electron chi connectivity index (χ2n) is 6.98. The number of carbonyl (C=O) groups is 2. The van der Waals surface area contributed by atoms with Gasteiger partial charge in [-0.05, 0) is 18.6 Å². The third-order valence-corrected chi connectivity index (χ3v) is 4.64. The van der Waals surface area contributed by atoms with Crippen LogP contribution in [0.15, 0.2) is 18.2 Å². The second kappa shape index (κ2) is 11.1. The molecule has 1 aliphatic heterocycles. The summed E-state index contributed by atoms with van der Waals surface area (Å²) in [6.07, 6.45) is -7.81. The quantitative estimate of drug-likeness (QED) is 0.441. The number of alkyl halides is 3. The predicted molar refractivity (Wildman–Crippen MR) is 102 cm³/mol. The second-order valence-corrected chi connectivity index (χ2v) is 6.98. The molecule has 1 unspecified atom stereocenters. The molecular formula is C19H25F4N3O5. The Morgan fingerprint density at radius 3 is 2.52 bits per heavy atom. The van der Waals surface area contributed by atoms with Crippen molar-refractivity contribution in [2.45, 2.75) is 25.7 Å². The van der Waals surface area contributed by atoms with Crippen LogP contribution in [0, 0.1) is 5.82 Å². The zero-order chi connectivity index (χ0) is 23.0. The number of piperazine rings is 1. The summed E-state index contributed by atoms with van der Waals surface area (Å²) in [5.41, 5.74) is 0.919. The highest BCUT2D eigenvalue weighted by molar-refractivity contribution is 5.68. The summed E-state index contributed by atoms with van der Waals surface area (Å²) in [4.78, 5) is 25.5. The first kappa shape index (κ1) is 24.7. The summed E-state index contributed by atoms with van der Waals surface area (Å²) < 4.78 is 61.3. The number of halogens is 4. The average molecular weight is 451 g/mol. The topological polar surface area (TPSA) is 91.3 Å². The Labute approximate surface area is 176 Å². The van der Waals surface area contributed by atoms with Gasteiger partial charge in [-0.3, -0.25) is 4.90 Å². The van der Waals surface area contributed by atoms with Gasteiger partial charge < -0.3 is 24.8 Å². The van der Waals surface area contributed by atoms with E-state index in [9.17, 15) is 27.2 Å². The summed E-state index contributed by atoms with van der Waals surface area (Å²) in [6.45, 7) is 2.11. The molecule has 0 aliphatic carbocycles. The number of carboxylic acid groups (broad SMARTS) is 1. The molecule has 0 saturated carbocycles. The maximum atomic E-state index is 14.3. The van der Waals surface area contributed by atoms with Gasteiger partial charge in [-0.1, -0.05) is 12.1 Å². The van der Waals surface area contributed by atoms with Crippen LogP contribution in [-0.2, 0) is 20.8 Å². The van der Waals surface area contributed by atoms with Gasteiger partial charge in [-0.2, -0.15) is 13.2 Å². The number of hydrogen-bond donors (Lipinski definition) is 2. The summed E-state index contributed by atoms with van der Waals surface area (Å²) in [7, 11) is 0. The summed E-state index contributed by atoms with van der Waals surface area (Å²) >= 11 is 0. The van der Waals surface area contributed by atoms with Crippen LogP contribution in [0.2, 0.25) is 0 Å². The van der Waals surface area contributed by atoms with Crippen LogP contribution in [0.25, 0.3) is 0 Å². The molecular weight excluding hydrogens is 426 g/mol. The van der Waals surface area contributed by atoms with Crippen molar-refractivity contribution in [2.24, 2.45) is 0 Å². The standard InChI is InChI=1S/C19H25F4N3O5/c1-13(19(21,22)23)31-18(29)26-8-6-25(7-9-26)11-14-3-2-4-15(20)17(14)24-5-10-30-12-16(27)28/h2-4,13,24H,5-12H2,1H3,(H,27,28). The Morgan fingerprint density at radius 1 is 1.23 bits per heavy atom. The molecule has 2 N–H and O–H groups in total. The number of rotatable bonds is 9. The van der Waals surface area contributed by atoms with Crippen molar-refractivity contribution in [1.82, 2.24) is 9.80 Å². The van der Waals surface area contributed by atoms with E-state index in [1.165, 1.54) is 11.0 Å². The first-order valence-electron chi connectivity index (χ1n) is 9.63. The molecule has 0 bridgehead atoms. The van der Waals surface area contributed by atoms with Crippen LogP contribution in [0.1, 0.15) is 12.5 Å². The highest BCUT2D eigenvalue weighted by Gasteiger charge is 2.40. The van der Waals surface area contributed by atoms with Crippen molar-refractivity contribution in [3.8, 4) is 0 Å². The molecule has 0 aromatic heterocycles. The number of para-hydroxylation sites is 1. The highest BCUT2D eigenvalue weighted by atomic mass is 19.4. The Kier molecular flexibility index (Phi) is 8.87. The molecule has 12 heteroatoms. The number of hydrogen-bond acceptors (Lipinski definition) is 6. The van der Waals surface area contributed by atoms with Crippen molar-refractivity contribution in [3.63, 3.8) is 0 Å². The Morgan fingerprint density at radius 2 is 1.90 bits per heavy atom. The van der Waals surface area contributed by atoms with E-state index in [0.29, 0.717) is 25.2 Å². The van der Waals surface area contributed by atoms with Gasteiger partial charge in [0.2, 0.25) is 0 Å².